The third kappa shape index (κ3) is 4.63. The minimum absolute atomic E-state index is 0.125. The van der Waals surface area contributed by atoms with Crippen LogP contribution < -0.4 is 0 Å². The summed E-state index contributed by atoms with van der Waals surface area (Å²) >= 11 is 0. The third-order valence-electron chi connectivity index (χ3n) is 2.64. The van der Waals surface area contributed by atoms with Crippen molar-refractivity contribution in [2.75, 3.05) is 0 Å². The number of alkyl halides is 3. The Morgan fingerprint density at radius 1 is 1.14 bits per heavy atom. The number of Topliss-reactive ketones (excluding diaryl/α,β-unsaturated/α-hetero) is 1. The van der Waals surface area contributed by atoms with Gasteiger partial charge in [-0.15, -0.1) is 0 Å². The van der Waals surface area contributed by atoms with Crippen LogP contribution in [0.5, 0.6) is 0 Å². The standard InChI is InChI=1S/C10H15F3O/c11-10(12,13)7-9(14)6-8-4-2-1-3-5-8/h8H,1-7H2. The van der Waals surface area contributed by atoms with E-state index in [1.807, 2.05) is 0 Å². The second-order valence-electron chi connectivity index (χ2n) is 4.04. The second-order valence-corrected chi connectivity index (χ2v) is 4.04. The van der Waals surface area contributed by atoms with Gasteiger partial charge in [0.25, 0.3) is 0 Å². The van der Waals surface area contributed by atoms with Gasteiger partial charge in [-0.1, -0.05) is 32.1 Å². The van der Waals surface area contributed by atoms with Crippen molar-refractivity contribution in [1.29, 1.82) is 0 Å². The van der Waals surface area contributed by atoms with Crippen molar-refractivity contribution >= 4 is 5.78 Å². The van der Waals surface area contributed by atoms with Crippen molar-refractivity contribution in [1.82, 2.24) is 0 Å². The van der Waals surface area contributed by atoms with E-state index >= 15 is 0 Å². The van der Waals surface area contributed by atoms with E-state index in [0.29, 0.717) is 0 Å². The van der Waals surface area contributed by atoms with Gasteiger partial charge in [0.15, 0.2) is 0 Å². The second kappa shape index (κ2) is 4.80. The number of halogens is 3. The fourth-order valence-corrected chi connectivity index (χ4v) is 2.01. The molecule has 0 aromatic rings. The van der Waals surface area contributed by atoms with Crippen molar-refractivity contribution in [3.8, 4) is 0 Å². The third-order valence-corrected chi connectivity index (χ3v) is 2.64. The zero-order valence-corrected chi connectivity index (χ0v) is 8.07. The molecule has 0 unspecified atom stereocenters. The van der Waals surface area contributed by atoms with Gasteiger partial charge in [-0.2, -0.15) is 13.2 Å². The van der Waals surface area contributed by atoms with E-state index in [9.17, 15) is 18.0 Å². The minimum atomic E-state index is -4.33. The lowest BCUT2D eigenvalue weighted by molar-refractivity contribution is -0.153. The van der Waals surface area contributed by atoms with Gasteiger partial charge in [0.05, 0.1) is 0 Å². The lowest BCUT2D eigenvalue weighted by atomic mass is 9.85. The molecule has 1 nitrogen and oxygen atoms in total. The van der Waals surface area contributed by atoms with Gasteiger partial charge in [0.1, 0.15) is 12.2 Å². The Bertz CT molecular complexity index is 192. The summed E-state index contributed by atoms with van der Waals surface area (Å²) in [5.41, 5.74) is 0. The molecule has 0 radical (unpaired) electrons. The van der Waals surface area contributed by atoms with Crippen LogP contribution in [0.15, 0.2) is 0 Å². The van der Waals surface area contributed by atoms with Crippen molar-refractivity contribution in [2.45, 2.75) is 51.1 Å². The smallest absolute Gasteiger partial charge is 0.299 e. The summed E-state index contributed by atoms with van der Waals surface area (Å²) in [6, 6.07) is 0. The average Bonchev–Trinajstić information content (AvgIpc) is 2.02. The molecule has 0 N–H and O–H groups in total. The Balaban J connectivity index is 2.25. The molecule has 1 aliphatic rings. The van der Waals surface area contributed by atoms with Crippen LogP contribution in [0.3, 0.4) is 0 Å². The van der Waals surface area contributed by atoms with Crippen LogP contribution in [-0.4, -0.2) is 12.0 Å². The molecule has 0 heterocycles. The summed E-state index contributed by atoms with van der Waals surface area (Å²) in [5.74, 6) is -0.442. The van der Waals surface area contributed by atoms with Crippen LogP contribution in [0.2, 0.25) is 0 Å². The van der Waals surface area contributed by atoms with Crippen LogP contribution in [0.25, 0.3) is 0 Å². The fourth-order valence-electron chi connectivity index (χ4n) is 2.01. The molecular weight excluding hydrogens is 193 g/mol. The molecule has 1 rings (SSSR count). The van der Waals surface area contributed by atoms with Gasteiger partial charge in [0, 0.05) is 6.42 Å². The number of carbonyl (C=O) groups excluding carboxylic acids is 1. The highest BCUT2D eigenvalue weighted by atomic mass is 19.4. The molecule has 0 bridgehead atoms. The van der Waals surface area contributed by atoms with E-state index in [-0.39, 0.29) is 12.3 Å². The first-order chi connectivity index (χ1) is 6.47. The molecule has 1 fully saturated rings. The van der Waals surface area contributed by atoms with Gasteiger partial charge >= 0.3 is 6.18 Å². The first-order valence-electron chi connectivity index (χ1n) is 5.06. The molecule has 4 heteroatoms. The predicted molar refractivity (Wildman–Crippen MR) is 46.9 cm³/mol. The summed E-state index contributed by atoms with van der Waals surface area (Å²) in [4.78, 5) is 11.0. The molecule has 0 atom stereocenters. The van der Waals surface area contributed by atoms with E-state index in [2.05, 4.69) is 0 Å². The van der Waals surface area contributed by atoms with Gasteiger partial charge in [0.2, 0.25) is 0 Å². The zero-order valence-electron chi connectivity index (χ0n) is 8.07. The highest BCUT2D eigenvalue weighted by Crippen LogP contribution is 2.28. The van der Waals surface area contributed by atoms with Crippen molar-refractivity contribution in [3.05, 3.63) is 0 Å². The maximum atomic E-state index is 11.8. The lowest BCUT2D eigenvalue weighted by Gasteiger charge is -2.20. The van der Waals surface area contributed by atoms with Gasteiger partial charge in [-0.05, 0) is 5.92 Å². The van der Waals surface area contributed by atoms with Gasteiger partial charge in [-0.3, -0.25) is 4.79 Å². The molecular formula is C10H15F3O. The quantitative estimate of drug-likeness (QED) is 0.694. The Labute approximate surface area is 81.7 Å². The molecule has 1 saturated carbocycles. The Kier molecular flexibility index (Phi) is 3.96. The SMILES string of the molecule is O=C(CC1CCCCC1)CC(F)(F)F. The van der Waals surface area contributed by atoms with E-state index in [0.717, 1.165) is 32.1 Å². The number of rotatable bonds is 3. The Hall–Kier alpha value is -0.540. The molecule has 0 aromatic heterocycles. The van der Waals surface area contributed by atoms with Crippen LogP contribution in [0.1, 0.15) is 44.9 Å². The summed E-state index contributed by atoms with van der Waals surface area (Å²) in [5, 5.41) is 0. The van der Waals surface area contributed by atoms with Crippen molar-refractivity contribution in [3.63, 3.8) is 0 Å². The molecule has 0 amide bonds. The van der Waals surface area contributed by atoms with Crippen molar-refractivity contribution in [2.24, 2.45) is 5.92 Å². The highest BCUT2D eigenvalue weighted by Gasteiger charge is 2.31. The minimum Gasteiger partial charge on any atom is -0.299 e. The number of hydrogen-bond acceptors (Lipinski definition) is 1. The normalized spacial score (nSPS) is 19.6. The van der Waals surface area contributed by atoms with Crippen LogP contribution in [0.4, 0.5) is 13.2 Å². The number of ketones is 1. The Morgan fingerprint density at radius 3 is 2.21 bits per heavy atom. The molecule has 14 heavy (non-hydrogen) atoms. The van der Waals surface area contributed by atoms with E-state index in [1.54, 1.807) is 0 Å². The zero-order chi connectivity index (χ0) is 10.6. The van der Waals surface area contributed by atoms with Gasteiger partial charge < -0.3 is 0 Å². The lowest BCUT2D eigenvalue weighted by Crippen LogP contribution is -2.18. The van der Waals surface area contributed by atoms with Crippen LogP contribution in [-0.2, 0) is 4.79 Å². The Morgan fingerprint density at radius 2 is 1.71 bits per heavy atom. The van der Waals surface area contributed by atoms with E-state index in [1.165, 1.54) is 0 Å². The monoisotopic (exact) mass is 208 g/mol. The molecule has 0 aromatic carbocycles. The summed E-state index contributed by atoms with van der Waals surface area (Å²) < 4.78 is 35.5. The first-order valence-corrected chi connectivity index (χ1v) is 5.06. The molecule has 0 saturated heterocycles. The summed E-state index contributed by atoms with van der Waals surface area (Å²) in [7, 11) is 0. The topological polar surface area (TPSA) is 17.1 Å². The molecule has 82 valence electrons. The van der Waals surface area contributed by atoms with Crippen LogP contribution >= 0.6 is 0 Å². The van der Waals surface area contributed by atoms with Crippen molar-refractivity contribution < 1.29 is 18.0 Å². The molecule has 0 spiro atoms. The molecule has 0 aliphatic heterocycles. The summed E-state index contributed by atoms with van der Waals surface area (Å²) in [6.45, 7) is 0. The maximum Gasteiger partial charge on any atom is 0.395 e. The van der Waals surface area contributed by atoms with E-state index < -0.39 is 18.4 Å². The van der Waals surface area contributed by atoms with E-state index in [4.69, 9.17) is 0 Å². The average molecular weight is 208 g/mol. The highest BCUT2D eigenvalue weighted by molar-refractivity contribution is 5.79. The largest absolute Gasteiger partial charge is 0.395 e. The number of carbonyl (C=O) groups is 1. The number of hydrogen-bond donors (Lipinski definition) is 0. The molecule has 1 aliphatic carbocycles. The maximum absolute atomic E-state index is 11.8. The fraction of sp³-hybridized carbons (Fsp3) is 0.900. The first kappa shape index (κ1) is 11.5. The predicted octanol–water partition coefficient (Wildman–Crippen LogP) is 3.48. The summed E-state index contributed by atoms with van der Waals surface area (Å²) in [6.07, 6.45) is -0.333. The van der Waals surface area contributed by atoms with Gasteiger partial charge in [-0.25, -0.2) is 0 Å². The van der Waals surface area contributed by atoms with Crippen LogP contribution in [0, 0.1) is 5.92 Å².